The number of nitrogens with two attached hydrogens (primary N) is 1. The van der Waals surface area contributed by atoms with Crippen LogP contribution in [0.25, 0.3) is 0 Å². The first kappa shape index (κ1) is 13.6. The number of rotatable bonds is 3. The SMILES string of the molecule is Nc1cc(Sc2ccc3c(c2)OCCO3)ccc1[N+](=O)[O-]. The molecular formula is C14H12N2O4S. The summed E-state index contributed by atoms with van der Waals surface area (Å²) < 4.78 is 11.0. The summed E-state index contributed by atoms with van der Waals surface area (Å²) in [5.41, 5.74) is 5.76. The van der Waals surface area contributed by atoms with Crippen molar-refractivity contribution in [1.29, 1.82) is 0 Å². The molecular weight excluding hydrogens is 292 g/mol. The Balaban J connectivity index is 1.83. The van der Waals surface area contributed by atoms with Crippen molar-refractivity contribution in [2.75, 3.05) is 18.9 Å². The fraction of sp³-hybridized carbons (Fsp3) is 0.143. The zero-order valence-corrected chi connectivity index (χ0v) is 11.8. The fourth-order valence-corrected chi connectivity index (χ4v) is 2.88. The van der Waals surface area contributed by atoms with Gasteiger partial charge in [-0.25, -0.2) is 0 Å². The lowest BCUT2D eigenvalue weighted by atomic mass is 10.3. The summed E-state index contributed by atoms with van der Waals surface area (Å²) in [5, 5.41) is 10.7. The van der Waals surface area contributed by atoms with Crippen LogP contribution >= 0.6 is 11.8 Å². The summed E-state index contributed by atoms with van der Waals surface area (Å²) in [7, 11) is 0. The normalized spacial score (nSPS) is 13.0. The Kier molecular flexibility index (Phi) is 3.57. The monoisotopic (exact) mass is 304 g/mol. The highest BCUT2D eigenvalue weighted by Crippen LogP contribution is 2.38. The molecule has 21 heavy (non-hydrogen) atoms. The first-order valence-electron chi connectivity index (χ1n) is 6.25. The molecule has 0 unspecified atom stereocenters. The summed E-state index contributed by atoms with van der Waals surface area (Å²) in [6, 6.07) is 10.3. The first-order chi connectivity index (χ1) is 10.1. The molecule has 6 nitrogen and oxygen atoms in total. The van der Waals surface area contributed by atoms with Crippen LogP contribution in [0.4, 0.5) is 11.4 Å². The molecule has 2 aromatic carbocycles. The minimum Gasteiger partial charge on any atom is -0.486 e. The van der Waals surface area contributed by atoms with Gasteiger partial charge in [-0.2, -0.15) is 0 Å². The van der Waals surface area contributed by atoms with Crippen LogP contribution in [0.1, 0.15) is 0 Å². The molecule has 1 aliphatic heterocycles. The van der Waals surface area contributed by atoms with Crippen molar-refractivity contribution in [1.82, 2.24) is 0 Å². The molecule has 7 heteroatoms. The lowest BCUT2D eigenvalue weighted by Gasteiger charge is -2.18. The maximum Gasteiger partial charge on any atom is 0.292 e. The van der Waals surface area contributed by atoms with E-state index in [4.69, 9.17) is 15.2 Å². The highest BCUT2D eigenvalue weighted by Gasteiger charge is 2.14. The standard InChI is InChI=1S/C14H12N2O4S/c15-11-7-9(1-3-12(11)16(17)18)21-10-2-4-13-14(8-10)20-6-5-19-13/h1-4,7-8H,5-6,15H2. The molecule has 0 bridgehead atoms. The molecule has 0 saturated carbocycles. The molecule has 0 atom stereocenters. The van der Waals surface area contributed by atoms with Gasteiger partial charge in [-0.1, -0.05) is 11.8 Å². The lowest BCUT2D eigenvalue weighted by Crippen LogP contribution is -2.15. The Labute approximate surface area is 125 Å². The van der Waals surface area contributed by atoms with Gasteiger partial charge < -0.3 is 15.2 Å². The summed E-state index contributed by atoms with van der Waals surface area (Å²) in [5.74, 6) is 1.44. The van der Waals surface area contributed by atoms with Crippen molar-refractivity contribution in [2.24, 2.45) is 0 Å². The van der Waals surface area contributed by atoms with E-state index in [2.05, 4.69) is 0 Å². The minimum atomic E-state index is -0.492. The van der Waals surface area contributed by atoms with Gasteiger partial charge in [0.2, 0.25) is 0 Å². The quantitative estimate of drug-likeness (QED) is 0.532. The van der Waals surface area contributed by atoms with E-state index in [1.807, 2.05) is 18.2 Å². The average molecular weight is 304 g/mol. The number of hydrogen-bond acceptors (Lipinski definition) is 6. The average Bonchev–Trinajstić information content (AvgIpc) is 2.47. The van der Waals surface area contributed by atoms with Gasteiger partial charge in [0.1, 0.15) is 18.9 Å². The Morgan fingerprint density at radius 1 is 1.05 bits per heavy atom. The summed E-state index contributed by atoms with van der Waals surface area (Å²) in [6.45, 7) is 1.09. The highest BCUT2D eigenvalue weighted by molar-refractivity contribution is 7.99. The summed E-state index contributed by atoms with van der Waals surface area (Å²) >= 11 is 1.46. The number of nitro benzene ring substituents is 1. The molecule has 0 aromatic heterocycles. The topological polar surface area (TPSA) is 87.6 Å². The number of fused-ring (bicyclic) bond motifs is 1. The molecule has 0 fully saturated rings. The number of nitrogen functional groups attached to an aromatic ring is 1. The van der Waals surface area contributed by atoms with E-state index in [0.717, 1.165) is 15.5 Å². The van der Waals surface area contributed by atoms with Crippen LogP contribution in [0, 0.1) is 10.1 Å². The van der Waals surface area contributed by atoms with Crippen molar-refractivity contribution in [3.05, 3.63) is 46.5 Å². The third-order valence-electron chi connectivity index (χ3n) is 2.95. The molecule has 108 valence electrons. The molecule has 3 rings (SSSR count). The lowest BCUT2D eigenvalue weighted by molar-refractivity contribution is -0.383. The number of hydrogen-bond donors (Lipinski definition) is 1. The zero-order valence-electron chi connectivity index (χ0n) is 10.9. The van der Waals surface area contributed by atoms with Gasteiger partial charge in [0.15, 0.2) is 11.5 Å². The van der Waals surface area contributed by atoms with Crippen LogP contribution in [0.5, 0.6) is 11.5 Å². The van der Waals surface area contributed by atoms with Gasteiger partial charge in [0.05, 0.1) is 4.92 Å². The third-order valence-corrected chi connectivity index (χ3v) is 3.92. The van der Waals surface area contributed by atoms with Crippen molar-refractivity contribution >= 4 is 23.1 Å². The Morgan fingerprint density at radius 3 is 2.43 bits per heavy atom. The van der Waals surface area contributed by atoms with Gasteiger partial charge in [0.25, 0.3) is 5.69 Å². The second kappa shape index (κ2) is 5.53. The molecule has 1 heterocycles. The van der Waals surface area contributed by atoms with Gasteiger partial charge >= 0.3 is 0 Å². The Morgan fingerprint density at radius 2 is 1.71 bits per heavy atom. The number of anilines is 1. The van der Waals surface area contributed by atoms with E-state index in [9.17, 15) is 10.1 Å². The van der Waals surface area contributed by atoms with Crippen molar-refractivity contribution in [2.45, 2.75) is 9.79 Å². The van der Waals surface area contributed by atoms with Crippen LogP contribution in [-0.4, -0.2) is 18.1 Å². The van der Waals surface area contributed by atoms with Crippen molar-refractivity contribution in [3.8, 4) is 11.5 Å². The number of nitrogens with zero attached hydrogens (tertiary/aromatic N) is 1. The van der Waals surface area contributed by atoms with Crippen LogP contribution in [-0.2, 0) is 0 Å². The van der Waals surface area contributed by atoms with Gasteiger partial charge in [-0.15, -0.1) is 0 Å². The van der Waals surface area contributed by atoms with E-state index in [1.54, 1.807) is 12.1 Å². The molecule has 0 spiro atoms. The van der Waals surface area contributed by atoms with E-state index in [-0.39, 0.29) is 11.4 Å². The third kappa shape index (κ3) is 2.87. The maximum atomic E-state index is 10.7. The van der Waals surface area contributed by atoms with Crippen LogP contribution in [0.2, 0.25) is 0 Å². The van der Waals surface area contributed by atoms with Crippen LogP contribution in [0.3, 0.4) is 0 Å². The second-order valence-electron chi connectivity index (χ2n) is 4.39. The number of ether oxygens (including phenoxy) is 2. The number of nitro groups is 1. The molecule has 0 radical (unpaired) electrons. The molecule has 0 aliphatic carbocycles. The van der Waals surface area contributed by atoms with Crippen LogP contribution < -0.4 is 15.2 Å². The molecule has 0 amide bonds. The molecule has 2 aromatic rings. The maximum absolute atomic E-state index is 10.7. The smallest absolute Gasteiger partial charge is 0.292 e. The Bertz CT molecular complexity index is 705. The summed E-state index contributed by atoms with van der Waals surface area (Å²) in [4.78, 5) is 12.0. The van der Waals surface area contributed by atoms with E-state index in [1.165, 1.54) is 17.8 Å². The Hall–Kier alpha value is -2.41. The van der Waals surface area contributed by atoms with Crippen molar-refractivity contribution < 1.29 is 14.4 Å². The number of benzene rings is 2. The molecule has 2 N–H and O–H groups in total. The highest BCUT2D eigenvalue weighted by atomic mass is 32.2. The predicted molar refractivity (Wildman–Crippen MR) is 79.1 cm³/mol. The predicted octanol–water partition coefficient (Wildman–Crippen LogP) is 3.10. The van der Waals surface area contributed by atoms with E-state index >= 15 is 0 Å². The van der Waals surface area contributed by atoms with Crippen molar-refractivity contribution in [3.63, 3.8) is 0 Å². The van der Waals surface area contributed by atoms with Gasteiger partial charge in [-0.3, -0.25) is 10.1 Å². The zero-order chi connectivity index (χ0) is 14.8. The van der Waals surface area contributed by atoms with Crippen LogP contribution in [0.15, 0.2) is 46.2 Å². The second-order valence-corrected chi connectivity index (χ2v) is 5.53. The summed E-state index contributed by atoms with van der Waals surface area (Å²) in [6.07, 6.45) is 0. The van der Waals surface area contributed by atoms with Gasteiger partial charge in [-0.05, 0) is 30.3 Å². The molecule has 0 saturated heterocycles. The van der Waals surface area contributed by atoms with E-state index in [0.29, 0.717) is 19.0 Å². The molecule has 1 aliphatic rings. The fourth-order valence-electron chi connectivity index (χ4n) is 1.99. The largest absolute Gasteiger partial charge is 0.486 e. The van der Waals surface area contributed by atoms with E-state index < -0.39 is 4.92 Å². The van der Waals surface area contributed by atoms with Gasteiger partial charge in [0, 0.05) is 15.9 Å². The first-order valence-corrected chi connectivity index (χ1v) is 7.06. The minimum absolute atomic E-state index is 0.0819.